The number of halogens is 2. The first kappa shape index (κ1) is 13.7. The molecule has 4 nitrogen and oxygen atoms in total. The third-order valence-corrected chi connectivity index (χ3v) is 5.07. The van der Waals surface area contributed by atoms with E-state index in [2.05, 4.69) is 9.97 Å². The minimum Gasteiger partial charge on any atom is -0.481 e. The minimum atomic E-state index is -0.759. The van der Waals surface area contributed by atoms with Gasteiger partial charge in [0.05, 0.1) is 17.8 Å². The van der Waals surface area contributed by atoms with Crippen molar-refractivity contribution in [2.75, 3.05) is 0 Å². The van der Waals surface area contributed by atoms with Gasteiger partial charge in [-0.1, -0.05) is 0 Å². The van der Waals surface area contributed by atoms with Gasteiger partial charge >= 0.3 is 5.97 Å². The van der Waals surface area contributed by atoms with E-state index in [9.17, 15) is 14.3 Å². The number of rotatable bonds is 3. The van der Waals surface area contributed by atoms with Gasteiger partial charge in [-0.2, -0.15) is 0 Å². The molecule has 1 N–H and O–H groups in total. The van der Waals surface area contributed by atoms with Crippen LogP contribution < -0.4 is 0 Å². The monoisotopic (exact) mass is 298 g/mol. The highest BCUT2D eigenvalue weighted by Gasteiger charge is 2.47. The predicted molar refractivity (Wildman–Crippen MR) is 70.8 cm³/mol. The number of fused-ring (bicyclic) bond motifs is 3. The standard InChI is InChI=1S/C14H16ClFN2O2/c15-14-17-6-10(16)11(18-14)5-9-7-1-3-8(4-2-7)12(9)13(19)20/h6-9,12H,1-5H2,(H,19,20)/t7?,8?,9?,12-/m0/s1. The Hall–Kier alpha value is -1.23. The van der Waals surface area contributed by atoms with E-state index in [0.717, 1.165) is 31.9 Å². The van der Waals surface area contributed by atoms with Crippen LogP contribution in [0.4, 0.5) is 4.39 Å². The van der Waals surface area contributed by atoms with Crippen molar-refractivity contribution < 1.29 is 14.3 Å². The highest BCUT2D eigenvalue weighted by molar-refractivity contribution is 6.28. The van der Waals surface area contributed by atoms with Crippen LogP contribution in [0.5, 0.6) is 0 Å². The summed E-state index contributed by atoms with van der Waals surface area (Å²) in [5, 5.41) is 9.49. The lowest BCUT2D eigenvalue weighted by molar-refractivity contribution is -0.152. The molecule has 3 saturated carbocycles. The smallest absolute Gasteiger partial charge is 0.307 e. The molecule has 1 unspecified atom stereocenters. The maximum absolute atomic E-state index is 13.8. The molecule has 0 saturated heterocycles. The van der Waals surface area contributed by atoms with Crippen LogP contribution in [-0.4, -0.2) is 21.0 Å². The normalized spacial score (nSPS) is 32.3. The Morgan fingerprint density at radius 1 is 1.35 bits per heavy atom. The van der Waals surface area contributed by atoms with Crippen molar-refractivity contribution >= 4 is 17.6 Å². The number of hydrogen-bond acceptors (Lipinski definition) is 3. The Kier molecular flexibility index (Phi) is 3.63. The zero-order valence-corrected chi connectivity index (χ0v) is 11.7. The number of aliphatic carboxylic acids is 1. The van der Waals surface area contributed by atoms with E-state index in [-0.39, 0.29) is 28.7 Å². The Labute approximate surface area is 121 Å². The number of carboxylic acids is 1. The van der Waals surface area contributed by atoms with Gasteiger partial charge in [0.15, 0.2) is 5.82 Å². The molecule has 2 bridgehead atoms. The highest BCUT2D eigenvalue weighted by atomic mass is 35.5. The molecule has 0 spiro atoms. The number of carbonyl (C=O) groups is 1. The van der Waals surface area contributed by atoms with Crippen LogP contribution in [0.2, 0.25) is 5.28 Å². The van der Waals surface area contributed by atoms with Gasteiger partial charge < -0.3 is 5.11 Å². The first-order valence-electron chi connectivity index (χ1n) is 6.96. The van der Waals surface area contributed by atoms with Crippen molar-refractivity contribution in [1.29, 1.82) is 0 Å². The summed E-state index contributed by atoms with van der Waals surface area (Å²) < 4.78 is 13.8. The van der Waals surface area contributed by atoms with Crippen LogP contribution in [0.3, 0.4) is 0 Å². The first-order valence-corrected chi connectivity index (χ1v) is 7.33. The third-order valence-electron chi connectivity index (χ3n) is 4.89. The molecule has 1 aromatic rings. The molecule has 1 aromatic heterocycles. The molecule has 0 aromatic carbocycles. The van der Waals surface area contributed by atoms with Gasteiger partial charge in [0.1, 0.15) is 0 Å². The topological polar surface area (TPSA) is 63.1 Å². The average Bonchev–Trinajstić information content (AvgIpc) is 2.43. The van der Waals surface area contributed by atoms with Crippen LogP contribution in [0, 0.1) is 29.5 Å². The minimum absolute atomic E-state index is 0.00856. The van der Waals surface area contributed by atoms with E-state index < -0.39 is 11.8 Å². The first-order chi connectivity index (χ1) is 9.56. The largest absolute Gasteiger partial charge is 0.481 e. The molecule has 3 fully saturated rings. The molecular formula is C14H16ClFN2O2. The van der Waals surface area contributed by atoms with Gasteiger partial charge in [-0.05, 0) is 61.5 Å². The summed E-state index contributed by atoms with van der Waals surface area (Å²) in [6.07, 6.45) is 5.43. The maximum atomic E-state index is 13.8. The van der Waals surface area contributed by atoms with E-state index >= 15 is 0 Å². The van der Waals surface area contributed by atoms with Gasteiger partial charge in [0, 0.05) is 0 Å². The average molecular weight is 299 g/mol. The van der Waals surface area contributed by atoms with Crippen molar-refractivity contribution in [2.24, 2.45) is 23.7 Å². The second-order valence-electron chi connectivity index (χ2n) is 5.84. The molecule has 0 radical (unpaired) electrons. The lowest BCUT2D eigenvalue weighted by Crippen LogP contribution is -2.45. The summed E-state index contributed by atoms with van der Waals surface area (Å²) in [5.41, 5.74) is 0.244. The fourth-order valence-electron chi connectivity index (χ4n) is 4.00. The number of carboxylic acid groups (broad SMARTS) is 1. The number of nitrogens with zero attached hydrogens (tertiary/aromatic N) is 2. The lowest BCUT2D eigenvalue weighted by Gasteiger charge is -2.46. The maximum Gasteiger partial charge on any atom is 0.307 e. The SMILES string of the molecule is O=C(O)[C@H]1C2CCC(CC2)C1Cc1nc(Cl)ncc1F. The van der Waals surface area contributed by atoms with E-state index in [1.165, 1.54) is 0 Å². The molecule has 0 amide bonds. The number of aromatic nitrogens is 2. The van der Waals surface area contributed by atoms with Crippen molar-refractivity contribution in [3.05, 3.63) is 23.0 Å². The summed E-state index contributed by atoms with van der Waals surface area (Å²) in [4.78, 5) is 19.1. The van der Waals surface area contributed by atoms with Gasteiger partial charge in [-0.3, -0.25) is 4.79 Å². The molecule has 3 aliphatic rings. The Balaban J connectivity index is 1.87. The molecule has 3 aliphatic carbocycles. The van der Waals surface area contributed by atoms with E-state index in [0.29, 0.717) is 12.3 Å². The second kappa shape index (κ2) is 5.28. The van der Waals surface area contributed by atoms with Crippen molar-refractivity contribution in [1.82, 2.24) is 9.97 Å². The summed E-state index contributed by atoms with van der Waals surface area (Å²) in [7, 11) is 0. The Morgan fingerprint density at radius 2 is 2.00 bits per heavy atom. The summed E-state index contributed by atoms with van der Waals surface area (Å²) in [6, 6.07) is 0. The Bertz CT molecular complexity index is 532. The van der Waals surface area contributed by atoms with E-state index in [1.54, 1.807) is 0 Å². The third kappa shape index (κ3) is 2.39. The molecule has 4 rings (SSSR count). The molecule has 0 aliphatic heterocycles. The van der Waals surface area contributed by atoms with E-state index in [4.69, 9.17) is 11.6 Å². The quantitative estimate of drug-likeness (QED) is 0.872. The van der Waals surface area contributed by atoms with Gasteiger partial charge in [0.2, 0.25) is 5.28 Å². The van der Waals surface area contributed by atoms with Gasteiger partial charge in [-0.15, -0.1) is 0 Å². The Morgan fingerprint density at radius 3 is 2.65 bits per heavy atom. The number of hydrogen-bond donors (Lipinski definition) is 1. The molecule has 1 heterocycles. The lowest BCUT2D eigenvalue weighted by atomic mass is 9.57. The van der Waals surface area contributed by atoms with Crippen LogP contribution in [0.25, 0.3) is 0 Å². The van der Waals surface area contributed by atoms with Crippen LogP contribution in [0.15, 0.2) is 6.20 Å². The predicted octanol–water partition coefficient (Wildman–Crippen LogP) is 2.95. The summed E-state index contributed by atoms with van der Waals surface area (Å²) in [5.74, 6) is -1.10. The fourth-order valence-corrected chi connectivity index (χ4v) is 4.15. The van der Waals surface area contributed by atoms with Crippen molar-refractivity contribution in [3.63, 3.8) is 0 Å². The molecule has 2 atom stereocenters. The zero-order chi connectivity index (χ0) is 14.3. The van der Waals surface area contributed by atoms with Gasteiger partial charge in [-0.25, -0.2) is 14.4 Å². The van der Waals surface area contributed by atoms with Crippen LogP contribution in [0.1, 0.15) is 31.4 Å². The molecule has 108 valence electrons. The molecular weight excluding hydrogens is 283 g/mol. The molecule has 20 heavy (non-hydrogen) atoms. The van der Waals surface area contributed by atoms with Gasteiger partial charge in [0.25, 0.3) is 0 Å². The van der Waals surface area contributed by atoms with Crippen LogP contribution in [-0.2, 0) is 11.2 Å². The summed E-state index contributed by atoms with van der Waals surface area (Å²) >= 11 is 5.71. The zero-order valence-electron chi connectivity index (χ0n) is 10.9. The second-order valence-corrected chi connectivity index (χ2v) is 6.18. The molecule has 6 heteroatoms. The summed E-state index contributed by atoms with van der Waals surface area (Å²) in [6.45, 7) is 0. The van der Waals surface area contributed by atoms with Crippen molar-refractivity contribution in [3.8, 4) is 0 Å². The highest BCUT2D eigenvalue weighted by Crippen LogP contribution is 2.50. The van der Waals surface area contributed by atoms with E-state index in [1.807, 2.05) is 0 Å². The van der Waals surface area contributed by atoms with Crippen molar-refractivity contribution in [2.45, 2.75) is 32.1 Å². The van der Waals surface area contributed by atoms with Crippen LogP contribution >= 0.6 is 11.6 Å². The fraction of sp³-hybridized carbons (Fsp3) is 0.643.